The third-order valence-corrected chi connectivity index (χ3v) is 6.57. The van der Waals surface area contributed by atoms with E-state index in [0.29, 0.717) is 22.7 Å². The molecule has 6 nitrogen and oxygen atoms in total. The molecule has 1 atom stereocenters. The Labute approximate surface area is 182 Å². The number of carbonyl (C=O) groups is 2. The molecule has 0 aliphatic heterocycles. The molecule has 0 N–H and O–H groups in total. The summed E-state index contributed by atoms with van der Waals surface area (Å²) in [5, 5.41) is 11.8. The average molecular weight is 442 g/mol. The third-order valence-electron chi connectivity index (χ3n) is 5.31. The maximum atomic E-state index is 12.5. The third kappa shape index (κ3) is 3.48. The van der Waals surface area contributed by atoms with Crippen molar-refractivity contribution in [3.63, 3.8) is 0 Å². The lowest BCUT2D eigenvalue weighted by atomic mass is 9.84. The Hall–Kier alpha value is -2.77. The first-order valence-corrected chi connectivity index (χ1v) is 10.8. The number of aryl methyl sites for hydroxylation is 2. The molecular formula is C22H20ClN3O3S. The lowest BCUT2D eigenvalue weighted by Gasteiger charge is -2.21. The number of aromatic nitrogens is 3. The zero-order valence-corrected chi connectivity index (χ0v) is 18.4. The van der Waals surface area contributed by atoms with Gasteiger partial charge in [0, 0.05) is 23.2 Å². The van der Waals surface area contributed by atoms with Gasteiger partial charge < -0.3 is 4.74 Å². The standard InChI is InChI=1S/C22H20ClN3O3S/c1-4-29-19(28)10-17(14-7-13-5-6-30-22(13)15(8-14)11-27)16-9-18(23)21-20(12(16)2)24-25-26(21)3/h5-9,11,17H,4,10H2,1-3H3. The van der Waals surface area contributed by atoms with E-state index < -0.39 is 0 Å². The van der Waals surface area contributed by atoms with E-state index in [2.05, 4.69) is 10.3 Å². The summed E-state index contributed by atoms with van der Waals surface area (Å²) < 4.78 is 7.80. The van der Waals surface area contributed by atoms with Gasteiger partial charge in [0.1, 0.15) is 11.0 Å². The number of ether oxygens (including phenoxy) is 1. The minimum Gasteiger partial charge on any atom is -0.466 e. The van der Waals surface area contributed by atoms with Crippen LogP contribution in [-0.4, -0.2) is 33.9 Å². The topological polar surface area (TPSA) is 74.1 Å². The van der Waals surface area contributed by atoms with Gasteiger partial charge in [-0.05, 0) is 65.6 Å². The summed E-state index contributed by atoms with van der Waals surface area (Å²) in [5.74, 6) is -0.647. The summed E-state index contributed by atoms with van der Waals surface area (Å²) in [7, 11) is 1.79. The Bertz CT molecular complexity index is 1280. The molecule has 0 amide bonds. The van der Waals surface area contributed by atoms with Gasteiger partial charge in [0.2, 0.25) is 0 Å². The van der Waals surface area contributed by atoms with Crippen LogP contribution in [0.4, 0.5) is 0 Å². The first-order chi connectivity index (χ1) is 14.4. The van der Waals surface area contributed by atoms with Crippen molar-refractivity contribution in [3.8, 4) is 0 Å². The van der Waals surface area contributed by atoms with E-state index in [9.17, 15) is 9.59 Å². The zero-order valence-electron chi connectivity index (χ0n) is 16.8. The highest BCUT2D eigenvalue weighted by Crippen LogP contribution is 2.39. The van der Waals surface area contributed by atoms with Crippen LogP contribution >= 0.6 is 22.9 Å². The van der Waals surface area contributed by atoms with E-state index in [1.54, 1.807) is 18.7 Å². The molecule has 4 rings (SSSR count). The number of hydrogen-bond donors (Lipinski definition) is 0. The second kappa shape index (κ2) is 8.16. The molecule has 2 aromatic carbocycles. The second-order valence-corrected chi connectivity index (χ2v) is 8.43. The molecule has 2 aromatic heterocycles. The van der Waals surface area contributed by atoms with Gasteiger partial charge in [0.05, 0.1) is 18.1 Å². The summed E-state index contributed by atoms with van der Waals surface area (Å²) in [6.45, 7) is 4.03. The number of rotatable bonds is 6. The van der Waals surface area contributed by atoms with Crippen molar-refractivity contribution in [1.29, 1.82) is 0 Å². The van der Waals surface area contributed by atoms with Crippen LogP contribution in [0.2, 0.25) is 5.02 Å². The Morgan fingerprint density at radius 1 is 1.37 bits per heavy atom. The fraction of sp³-hybridized carbons (Fsp3) is 0.273. The van der Waals surface area contributed by atoms with Gasteiger partial charge >= 0.3 is 5.97 Å². The Morgan fingerprint density at radius 2 is 2.17 bits per heavy atom. The number of hydrogen-bond acceptors (Lipinski definition) is 6. The Balaban J connectivity index is 1.94. The molecule has 2 heterocycles. The number of carbonyl (C=O) groups excluding carboxylic acids is 2. The molecule has 0 spiro atoms. The van der Waals surface area contributed by atoms with Gasteiger partial charge in [0.25, 0.3) is 0 Å². The Morgan fingerprint density at radius 3 is 2.90 bits per heavy atom. The number of thiophene rings is 1. The normalized spacial score (nSPS) is 12.4. The summed E-state index contributed by atoms with van der Waals surface area (Å²) in [6, 6.07) is 7.72. The number of nitrogens with zero attached hydrogens (tertiary/aromatic N) is 3. The van der Waals surface area contributed by atoms with Crippen LogP contribution in [-0.2, 0) is 16.6 Å². The van der Waals surface area contributed by atoms with Crippen LogP contribution in [0.5, 0.6) is 0 Å². The molecule has 30 heavy (non-hydrogen) atoms. The highest BCUT2D eigenvalue weighted by Gasteiger charge is 2.25. The SMILES string of the molecule is CCOC(=O)CC(c1cc(C=O)c2sccc2c1)c1cc(Cl)c2c(nnn2C)c1C. The summed E-state index contributed by atoms with van der Waals surface area (Å²) in [6.07, 6.45) is 0.986. The average Bonchev–Trinajstić information content (AvgIpc) is 3.35. The van der Waals surface area contributed by atoms with Crippen LogP contribution < -0.4 is 0 Å². The van der Waals surface area contributed by atoms with E-state index in [0.717, 1.165) is 38.6 Å². The monoisotopic (exact) mass is 441 g/mol. The van der Waals surface area contributed by atoms with Crippen molar-refractivity contribution in [2.45, 2.75) is 26.2 Å². The number of benzene rings is 2. The molecule has 0 aliphatic rings. The fourth-order valence-corrected chi connectivity index (χ4v) is 5.09. The van der Waals surface area contributed by atoms with Gasteiger partial charge in [-0.15, -0.1) is 16.4 Å². The molecule has 4 aromatic rings. The predicted octanol–water partition coefficient (Wildman–Crippen LogP) is 5.04. The smallest absolute Gasteiger partial charge is 0.306 e. The van der Waals surface area contributed by atoms with Crippen molar-refractivity contribution in [2.24, 2.45) is 7.05 Å². The van der Waals surface area contributed by atoms with Gasteiger partial charge in [-0.1, -0.05) is 16.8 Å². The second-order valence-electron chi connectivity index (χ2n) is 7.11. The number of aldehydes is 1. The molecule has 0 radical (unpaired) electrons. The van der Waals surface area contributed by atoms with Crippen LogP contribution in [0.3, 0.4) is 0 Å². The van der Waals surface area contributed by atoms with Crippen LogP contribution in [0.1, 0.15) is 46.3 Å². The van der Waals surface area contributed by atoms with Gasteiger partial charge in [-0.3, -0.25) is 9.59 Å². The number of esters is 1. The Kier molecular flexibility index (Phi) is 5.58. The molecule has 154 valence electrons. The minimum atomic E-state index is -0.337. The first kappa shape index (κ1) is 20.5. The summed E-state index contributed by atoms with van der Waals surface area (Å²) >= 11 is 8.10. The molecule has 0 aliphatic carbocycles. The fourth-order valence-electron chi connectivity index (χ4n) is 3.91. The van der Waals surface area contributed by atoms with Crippen LogP contribution in [0, 0.1) is 6.92 Å². The van der Waals surface area contributed by atoms with Crippen molar-refractivity contribution >= 4 is 56.3 Å². The number of fused-ring (bicyclic) bond motifs is 2. The predicted molar refractivity (Wildman–Crippen MR) is 119 cm³/mol. The maximum Gasteiger partial charge on any atom is 0.306 e. The molecular weight excluding hydrogens is 422 g/mol. The van der Waals surface area contributed by atoms with Gasteiger partial charge in [-0.25, -0.2) is 4.68 Å². The van der Waals surface area contributed by atoms with E-state index in [4.69, 9.17) is 16.3 Å². The molecule has 0 fully saturated rings. The van der Waals surface area contributed by atoms with Crippen molar-refractivity contribution in [3.05, 3.63) is 56.9 Å². The minimum absolute atomic E-state index is 0.130. The lowest BCUT2D eigenvalue weighted by molar-refractivity contribution is -0.143. The van der Waals surface area contributed by atoms with Gasteiger partial charge in [0.15, 0.2) is 6.29 Å². The van der Waals surface area contributed by atoms with E-state index in [1.807, 2.05) is 36.6 Å². The summed E-state index contributed by atoms with van der Waals surface area (Å²) in [4.78, 5) is 24.2. The van der Waals surface area contributed by atoms with E-state index >= 15 is 0 Å². The lowest BCUT2D eigenvalue weighted by Crippen LogP contribution is -2.13. The van der Waals surface area contributed by atoms with Crippen LogP contribution in [0.25, 0.3) is 21.1 Å². The molecule has 8 heteroatoms. The summed E-state index contributed by atoms with van der Waals surface area (Å²) in [5.41, 5.74) is 4.67. The highest BCUT2D eigenvalue weighted by molar-refractivity contribution is 7.17. The van der Waals surface area contributed by atoms with Crippen molar-refractivity contribution in [1.82, 2.24) is 15.0 Å². The van der Waals surface area contributed by atoms with Crippen LogP contribution in [0.15, 0.2) is 29.6 Å². The maximum absolute atomic E-state index is 12.5. The largest absolute Gasteiger partial charge is 0.466 e. The highest BCUT2D eigenvalue weighted by atomic mass is 35.5. The quantitative estimate of drug-likeness (QED) is 0.309. The van der Waals surface area contributed by atoms with Crippen molar-refractivity contribution in [2.75, 3.05) is 6.61 Å². The zero-order chi connectivity index (χ0) is 21.4. The van der Waals surface area contributed by atoms with E-state index in [-0.39, 0.29) is 18.3 Å². The molecule has 1 unspecified atom stereocenters. The molecule has 0 saturated carbocycles. The first-order valence-electron chi connectivity index (χ1n) is 9.54. The van der Waals surface area contributed by atoms with Gasteiger partial charge in [-0.2, -0.15) is 0 Å². The van der Waals surface area contributed by atoms with Crippen molar-refractivity contribution < 1.29 is 14.3 Å². The molecule has 0 bridgehead atoms. The van der Waals surface area contributed by atoms with E-state index in [1.165, 1.54) is 11.3 Å². The number of halogens is 1. The molecule has 0 saturated heterocycles.